The van der Waals surface area contributed by atoms with Crippen LogP contribution < -0.4 is 5.32 Å². The molecule has 1 saturated heterocycles. The van der Waals surface area contributed by atoms with Gasteiger partial charge in [0.15, 0.2) is 0 Å². The zero-order valence-corrected chi connectivity index (χ0v) is 11.6. The van der Waals surface area contributed by atoms with E-state index in [9.17, 15) is 0 Å². The number of halogens is 1. The van der Waals surface area contributed by atoms with Gasteiger partial charge in [-0.3, -0.25) is 0 Å². The molecule has 1 atom stereocenters. The van der Waals surface area contributed by atoms with Crippen molar-refractivity contribution in [2.24, 2.45) is 0 Å². The molecule has 94 valence electrons. The lowest BCUT2D eigenvalue weighted by molar-refractivity contribution is 0.603. The van der Waals surface area contributed by atoms with E-state index >= 15 is 0 Å². The Bertz CT molecular complexity index is 518. The van der Waals surface area contributed by atoms with Crippen molar-refractivity contribution in [2.45, 2.75) is 25.3 Å². The summed E-state index contributed by atoms with van der Waals surface area (Å²) in [6, 6.07) is 7.07. The van der Waals surface area contributed by atoms with Gasteiger partial charge in [-0.1, -0.05) is 6.07 Å². The van der Waals surface area contributed by atoms with Gasteiger partial charge in [0.05, 0.1) is 5.69 Å². The van der Waals surface area contributed by atoms with Gasteiger partial charge in [0, 0.05) is 10.5 Å². The van der Waals surface area contributed by atoms with Crippen molar-refractivity contribution in [2.75, 3.05) is 6.54 Å². The van der Waals surface area contributed by atoms with E-state index in [1.165, 1.54) is 18.4 Å². The standard InChI is InChI=1S/C13H15BrN4/c14-12-7-10(6-11-2-1-5-16-11)3-4-13(12)18-9-15-8-17-18/h3-4,7-9,11,16H,1-2,5-6H2. The summed E-state index contributed by atoms with van der Waals surface area (Å²) in [5.74, 6) is 0. The molecular formula is C13H15BrN4. The van der Waals surface area contributed by atoms with Crippen LogP contribution in [0.5, 0.6) is 0 Å². The molecule has 3 rings (SSSR count). The van der Waals surface area contributed by atoms with Crippen molar-refractivity contribution in [3.63, 3.8) is 0 Å². The van der Waals surface area contributed by atoms with Gasteiger partial charge in [-0.05, 0) is 59.4 Å². The van der Waals surface area contributed by atoms with E-state index in [1.807, 2.05) is 0 Å². The molecule has 0 spiro atoms. The molecule has 5 heteroatoms. The fraction of sp³-hybridized carbons (Fsp3) is 0.385. The first-order valence-corrected chi connectivity index (χ1v) is 6.99. The van der Waals surface area contributed by atoms with Gasteiger partial charge >= 0.3 is 0 Å². The third-order valence-corrected chi connectivity index (χ3v) is 3.96. The average molecular weight is 307 g/mol. The summed E-state index contributed by atoms with van der Waals surface area (Å²) in [5.41, 5.74) is 2.38. The molecule has 2 heterocycles. The molecule has 0 amide bonds. The second kappa shape index (κ2) is 5.20. The van der Waals surface area contributed by atoms with Crippen molar-refractivity contribution < 1.29 is 0 Å². The molecule has 0 aliphatic carbocycles. The smallest absolute Gasteiger partial charge is 0.138 e. The van der Waals surface area contributed by atoms with Crippen LogP contribution in [0, 0.1) is 0 Å². The van der Waals surface area contributed by atoms with Gasteiger partial charge in [-0.25, -0.2) is 9.67 Å². The number of hydrogen-bond donors (Lipinski definition) is 1. The maximum atomic E-state index is 4.14. The molecule has 2 aromatic rings. The van der Waals surface area contributed by atoms with E-state index < -0.39 is 0 Å². The summed E-state index contributed by atoms with van der Waals surface area (Å²) < 4.78 is 2.82. The Hall–Kier alpha value is -1.20. The number of benzene rings is 1. The van der Waals surface area contributed by atoms with Crippen molar-refractivity contribution >= 4 is 15.9 Å². The minimum absolute atomic E-state index is 0.633. The van der Waals surface area contributed by atoms with E-state index in [4.69, 9.17) is 0 Å². The SMILES string of the molecule is Brc1cc(CC2CCCN2)ccc1-n1cncn1. The minimum Gasteiger partial charge on any atom is -0.314 e. The zero-order valence-electron chi connectivity index (χ0n) is 10.0. The Morgan fingerprint density at radius 1 is 1.44 bits per heavy atom. The van der Waals surface area contributed by atoms with Crippen LogP contribution >= 0.6 is 15.9 Å². The predicted molar refractivity (Wildman–Crippen MR) is 73.8 cm³/mol. The van der Waals surface area contributed by atoms with Crippen molar-refractivity contribution in [3.05, 3.63) is 40.9 Å². The van der Waals surface area contributed by atoms with E-state index in [0.29, 0.717) is 6.04 Å². The summed E-state index contributed by atoms with van der Waals surface area (Å²) in [4.78, 5) is 3.97. The van der Waals surface area contributed by atoms with Gasteiger partial charge < -0.3 is 5.32 Å². The Kier molecular flexibility index (Phi) is 3.43. The van der Waals surface area contributed by atoms with Crippen molar-refractivity contribution in [1.29, 1.82) is 0 Å². The highest BCUT2D eigenvalue weighted by Gasteiger charge is 2.15. The molecule has 1 aliphatic heterocycles. The third kappa shape index (κ3) is 2.47. The summed E-state index contributed by atoms with van der Waals surface area (Å²) >= 11 is 3.61. The molecule has 0 bridgehead atoms. The van der Waals surface area contributed by atoms with Crippen molar-refractivity contribution in [1.82, 2.24) is 20.1 Å². The molecule has 0 saturated carbocycles. The molecule has 1 aromatic heterocycles. The second-order valence-corrected chi connectivity index (χ2v) is 5.48. The van der Waals surface area contributed by atoms with Gasteiger partial charge in [0.1, 0.15) is 12.7 Å². The highest BCUT2D eigenvalue weighted by atomic mass is 79.9. The highest BCUT2D eigenvalue weighted by Crippen LogP contribution is 2.23. The summed E-state index contributed by atoms with van der Waals surface area (Å²) in [7, 11) is 0. The molecule has 1 fully saturated rings. The fourth-order valence-electron chi connectivity index (χ4n) is 2.41. The van der Waals surface area contributed by atoms with Crippen molar-refractivity contribution in [3.8, 4) is 5.69 Å². The highest BCUT2D eigenvalue weighted by molar-refractivity contribution is 9.10. The number of hydrogen-bond acceptors (Lipinski definition) is 3. The summed E-state index contributed by atoms with van der Waals surface area (Å²) in [6.45, 7) is 1.16. The third-order valence-electron chi connectivity index (χ3n) is 3.32. The van der Waals surface area contributed by atoms with Crippen LogP contribution in [0.2, 0.25) is 0 Å². The van der Waals surface area contributed by atoms with Crippen LogP contribution in [-0.2, 0) is 6.42 Å². The molecule has 1 aliphatic rings. The van der Waals surface area contributed by atoms with E-state index in [1.54, 1.807) is 17.3 Å². The van der Waals surface area contributed by atoms with Crippen LogP contribution in [0.3, 0.4) is 0 Å². The van der Waals surface area contributed by atoms with Gasteiger partial charge in [0.2, 0.25) is 0 Å². The Labute approximate surface area is 115 Å². The minimum atomic E-state index is 0.633. The normalized spacial score (nSPS) is 19.3. The quantitative estimate of drug-likeness (QED) is 0.946. The maximum absolute atomic E-state index is 4.14. The monoisotopic (exact) mass is 306 g/mol. The first-order chi connectivity index (χ1) is 8.83. The lowest BCUT2D eigenvalue weighted by atomic mass is 10.0. The largest absolute Gasteiger partial charge is 0.314 e. The average Bonchev–Trinajstić information content (AvgIpc) is 3.01. The first-order valence-electron chi connectivity index (χ1n) is 6.20. The molecule has 4 nitrogen and oxygen atoms in total. The number of rotatable bonds is 3. The van der Waals surface area contributed by atoms with Crippen LogP contribution in [0.15, 0.2) is 35.3 Å². The molecule has 1 unspecified atom stereocenters. The summed E-state index contributed by atoms with van der Waals surface area (Å²) in [5, 5.41) is 7.67. The van der Waals surface area contributed by atoms with Crippen LogP contribution in [0.4, 0.5) is 0 Å². The van der Waals surface area contributed by atoms with Gasteiger partial charge in [-0.2, -0.15) is 5.10 Å². The molecule has 18 heavy (non-hydrogen) atoms. The maximum Gasteiger partial charge on any atom is 0.138 e. The molecule has 1 aromatic carbocycles. The first kappa shape index (κ1) is 11.9. The Morgan fingerprint density at radius 2 is 2.39 bits per heavy atom. The molecule has 0 radical (unpaired) electrons. The zero-order chi connectivity index (χ0) is 12.4. The molecular weight excluding hydrogens is 292 g/mol. The lowest BCUT2D eigenvalue weighted by Crippen LogP contribution is -2.23. The van der Waals surface area contributed by atoms with Gasteiger partial charge in [-0.15, -0.1) is 0 Å². The Morgan fingerprint density at radius 3 is 3.06 bits per heavy atom. The second-order valence-electron chi connectivity index (χ2n) is 4.62. The number of aromatic nitrogens is 3. The topological polar surface area (TPSA) is 42.7 Å². The lowest BCUT2D eigenvalue weighted by Gasteiger charge is -2.11. The predicted octanol–water partition coefficient (Wildman–Crippen LogP) is 2.32. The molecule has 1 N–H and O–H groups in total. The van der Waals surface area contributed by atoms with Gasteiger partial charge in [0.25, 0.3) is 0 Å². The number of nitrogens with zero attached hydrogens (tertiary/aromatic N) is 3. The fourth-order valence-corrected chi connectivity index (χ4v) is 3.02. The Balaban J connectivity index is 1.80. The van der Waals surface area contributed by atoms with Crippen LogP contribution in [0.1, 0.15) is 18.4 Å². The van der Waals surface area contributed by atoms with E-state index in [2.05, 4.69) is 49.5 Å². The van der Waals surface area contributed by atoms with E-state index in [0.717, 1.165) is 23.1 Å². The number of nitrogens with one attached hydrogen (secondary N) is 1. The van der Waals surface area contributed by atoms with Crippen LogP contribution in [-0.4, -0.2) is 27.4 Å². The van der Waals surface area contributed by atoms with Crippen LogP contribution in [0.25, 0.3) is 5.69 Å². The van der Waals surface area contributed by atoms with E-state index in [-0.39, 0.29) is 0 Å². The summed E-state index contributed by atoms with van der Waals surface area (Å²) in [6.07, 6.45) is 6.92.